The summed E-state index contributed by atoms with van der Waals surface area (Å²) in [6, 6.07) is 15.9. The van der Waals surface area contributed by atoms with Crippen LogP contribution < -0.4 is 19.8 Å². The molecule has 0 radical (unpaired) electrons. The van der Waals surface area contributed by atoms with Gasteiger partial charge in [0.2, 0.25) is 11.8 Å². The van der Waals surface area contributed by atoms with Crippen LogP contribution in [0.25, 0.3) is 6.08 Å². The van der Waals surface area contributed by atoms with Crippen molar-refractivity contribution >= 4 is 64.3 Å². The molecule has 62 heavy (non-hydrogen) atoms. The van der Waals surface area contributed by atoms with Gasteiger partial charge in [0.1, 0.15) is 5.75 Å². The van der Waals surface area contributed by atoms with E-state index >= 15 is 4.79 Å². The summed E-state index contributed by atoms with van der Waals surface area (Å²) >= 11 is 12.6. The van der Waals surface area contributed by atoms with Crippen LogP contribution >= 0.6 is 23.2 Å². The Morgan fingerprint density at radius 3 is 2.10 bits per heavy atom. The number of phenolic OH excluding ortho intramolecular Hbond substituents is 1. The molecular formula is C44H33Cl2F6N3O7. The second kappa shape index (κ2) is 15.4. The van der Waals surface area contributed by atoms with Crippen molar-refractivity contribution in [2.24, 2.45) is 29.6 Å². The van der Waals surface area contributed by atoms with Crippen molar-refractivity contribution in [2.75, 3.05) is 24.5 Å². The predicted octanol–water partition coefficient (Wildman–Crippen LogP) is 9.49. The molecular weight excluding hydrogens is 867 g/mol. The van der Waals surface area contributed by atoms with Crippen LogP contribution in [0.2, 0.25) is 10.0 Å². The van der Waals surface area contributed by atoms with Gasteiger partial charge in [-0.15, -0.1) is 0 Å². The summed E-state index contributed by atoms with van der Waals surface area (Å²) in [5.41, 5.74) is -1.80. The summed E-state index contributed by atoms with van der Waals surface area (Å²) in [6.45, 7) is 0. The van der Waals surface area contributed by atoms with Crippen LogP contribution in [-0.4, -0.2) is 48.0 Å². The van der Waals surface area contributed by atoms with Crippen molar-refractivity contribution in [1.82, 2.24) is 5.01 Å². The molecule has 8 rings (SSSR count). The summed E-state index contributed by atoms with van der Waals surface area (Å²) in [5.74, 6) is -9.08. The number of hydrogen-bond donors (Lipinski definition) is 2. The highest BCUT2D eigenvalue weighted by molar-refractivity contribution is 6.36. The summed E-state index contributed by atoms with van der Waals surface area (Å²) in [7, 11) is 2.80. The number of phenols is 1. The van der Waals surface area contributed by atoms with Gasteiger partial charge in [-0.1, -0.05) is 65.2 Å². The number of hydrazine groups is 1. The number of nitrogens with one attached hydrogen (secondary N) is 1. The van der Waals surface area contributed by atoms with Crippen LogP contribution in [0.3, 0.4) is 0 Å². The van der Waals surface area contributed by atoms with Gasteiger partial charge in [-0.05, 0) is 90.6 Å². The van der Waals surface area contributed by atoms with Crippen molar-refractivity contribution in [3.63, 3.8) is 0 Å². The number of ether oxygens (including phenoxy) is 2. The number of allylic oxidation sites excluding steroid dienone is 3. The summed E-state index contributed by atoms with van der Waals surface area (Å²) in [6.07, 6.45) is -5.99. The summed E-state index contributed by atoms with van der Waals surface area (Å²) in [4.78, 5) is 59.4. The minimum atomic E-state index is -5.26. The molecule has 0 aromatic heterocycles. The minimum absolute atomic E-state index is 0.0711. The quantitative estimate of drug-likeness (QED) is 0.102. The Balaban J connectivity index is 1.30. The first kappa shape index (κ1) is 42.7. The number of fused-ring (bicyclic) bond motifs is 4. The molecule has 4 aromatic carbocycles. The van der Waals surface area contributed by atoms with E-state index in [2.05, 4.69) is 5.43 Å². The molecule has 4 amide bonds. The molecule has 2 saturated heterocycles. The maximum absolute atomic E-state index is 15.4. The molecule has 3 fully saturated rings. The standard InChI is InChI=1S/C44H33Cl2F6N3O7/c1-61-27-8-5-22(6-9-27)42-31(12-3-21-4-14-35(56)36(15-21)62-2)28-10-11-29-37(30(28)20-32(42)39(58)55(41(42)60)53-34-13-7-25(45)19-33(34)46)40(59)54(38(29)57)26-17-23(43(47,48)49)16-24(18-26)44(50,51)52/h3-10,12-19,29-32,37,53,56H,11,20H2,1-2H3/t29-,30+,31-,32-,37-,42-/m0/s1. The fourth-order valence-corrected chi connectivity index (χ4v) is 9.87. The molecule has 10 nitrogen and oxygen atoms in total. The van der Waals surface area contributed by atoms with E-state index in [0.717, 1.165) is 5.01 Å². The van der Waals surface area contributed by atoms with Crippen molar-refractivity contribution in [2.45, 2.75) is 30.6 Å². The fourth-order valence-electron chi connectivity index (χ4n) is 9.42. The molecule has 18 heteroatoms. The molecule has 0 bridgehead atoms. The van der Waals surface area contributed by atoms with Gasteiger partial charge in [-0.2, -0.15) is 31.4 Å². The number of rotatable bonds is 8. The first-order valence-electron chi connectivity index (χ1n) is 19.0. The van der Waals surface area contributed by atoms with Crippen molar-refractivity contribution in [1.29, 1.82) is 0 Å². The Morgan fingerprint density at radius 1 is 0.806 bits per heavy atom. The fraction of sp³-hybridized carbons (Fsp3) is 0.273. The number of carbonyl (C=O) groups is 4. The van der Waals surface area contributed by atoms with Gasteiger partial charge < -0.3 is 14.6 Å². The summed E-state index contributed by atoms with van der Waals surface area (Å²) in [5, 5.41) is 11.5. The number of hydrogen-bond acceptors (Lipinski definition) is 8. The highest BCUT2D eigenvalue weighted by Crippen LogP contribution is 2.62. The maximum atomic E-state index is 15.4. The third kappa shape index (κ3) is 6.93. The average Bonchev–Trinajstić information content (AvgIpc) is 3.61. The molecule has 0 unspecified atom stereocenters. The first-order valence-corrected chi connectivity index (χ1v) is 19.7. The van der Waals surface area contributed by atoms with Crippen LogP contribution in [0.15, 0.2) is 96.6 Å². The smallest absolute Gasteiger partial charge is 0.416 e. The molecule has 2 aliphatic heterocycles. The number of alkyl halides is 6. The number of carbonyl (C=O) groups excluding carboxylic acids is 4. The number of halogens is 8. The highest BCUT2D eigenvalue weighted by atomic mass is 35.5. The molecule has 2 aliphatic carbocycles. The highest BCUT2D eigenvalue weighted by Gasteiger charge is 2.69. The monoisotopic (exact) mass is 899 g/mol. The molecule has 2 heterocycles. The zero-order valence-electron chi connectivity index (χ0n) is 32.4. The van der Waals surface area contributed by atoms with Crippen molar-refractivity contribution in [3.05, 3.63) is 129 Å². The van der Waals surface area contributed by atoms with E-state index in [4.69, 9.17) is 32.7 Å². The Hall–Kier alpha value is -6.00. The van der Waals surface area contributed by atoms with Gasteiger partial charge in [0.25, 0.3) is 11.8 Å². The van der Waals surface area contributed by atoms with Gasteiger partial charge in [0.05, 0.1) is 64.9 Å². The number of methoxy groups -OCH3 is 2. The zero-order chi connectivity index (χ0) is 44.6. The van der Waals surface area contributed by atoms with E-state index < -0.39 is 87.8 Å². The number of nitrogens with zero attached hydrogens (tertiary/aromatic N) is 2. The molecule has 4 aromatic rings. The molecule has 0 spiro atoms. The van der Waals surface area contributed by atoms with Crippen LogP contribution in [0.5, 0.6) is 17.2 Å². The van der Waals surface area contributed by atoms with E-state index in [-0.39, 0.29) is 46.1 Å². The van der Waals surface area contributed by atoms with Gasteiger partial charge in [0, 0.05) is 10.9 Å². The third-order valence-corrected chi connectivity index (χ3v) is 12.7. The lowest BCUT2D eigenvalue weighted by Gasteiger charge is -2.49. The van der Waals surface area contributed by atoms with Crippen LogP contribution in [0, 0.1) is 29.6 Å². The molecule has 1 saturated carbocycles. The van der Waals surface area contributed by atoms with Gasteiger partial charge >= 0.3 is 12.4 Å². The van der Waals surface area contributed by atoms with Gasteiger partial charge in [0.15, 0.2) is 11.5 Å². The Morgan fingerprint density at radius 2 is 1.48 bits per heavy atom. The Labute approximate surface area is 359 Å². The van der Waals surface area contributed by atoms with E-state index in [1.54, 1.807) is 48.6 Å². The van der Waals surface area contributed by atoms with Gasteiger partial charge in [-0.25, -0.2) is 4.90 Å². The number of benzene rings is 4. The largest absolute Gasteiger partial charge is 0.504 e. The van der Waals surface area contributed by atoms with Gasteiger partial charge in [-0.3, -0.25) is 24.6 Å². The predicted molar refractivity (Wildman–Crippen MR) is 214 cm³/mol. The van der Waals surface area contributed by atoms with Crippen molar-refractivity contribution in [3.8, 4) is 17.2 Å². The Bertz CT molecular complexity index is 2570. The molecule has 2 N–H and O–H groups in total. The second-order valence-electron chi connectivity index (χ2n) is 15.3. The lowest BCUT2D eigenvalue weighted by molar-refractivity contribution is -0.143. The SMILES string of the molecule is COc1ccc([C@@]23C(=O)N(Nc4ccc(Cl)cc4Cl)C(=O)[C@@H]2C[C@@H]2C(=CC[C@@H]4C(=O)N(c5cc(C(F)(F)F)cc(C(F)(F)F)c5)C(=O)[C@@H]42)[C@@H]3C=Cc2ccc(O)c(OC)c2)cc1. The number of aromatic hydroxyl groups is 1. The van der Waals surface area contributed by atoms with Crippen molar-refractivity contribution < 1.29 is 60.1 Å². The van der Waals surface area contributed by atoms with E-state index in [0.29, 0.717) is 39.5 Å². The minimum Gasteiger partial charge on any atom is -0.504 e. The number of amides is 4. The second-order valence-corrected chi connectivity index (χ2v) is 16.2. The summed E-state index contributed by atoms with van der Waals surface area (Å²) < 4.78 is 94.5. The average molecular weight is 901 g/mol. The lowest BCUT2D eigenvalue weighted by atomic mass is 9.50. The topological polar surface area (TPSA) is 125 Å². The van der Waals surface area contributed by atoms with E-state index in [9.17, 15) is 45.8 Å². The molecule has 6 atom stereocenters. The maximum Gasteiger partial charge on any atom is 0.416 e. The normalized spacial score (nSPS) is 24.9. The van der Waals surface area contributed by atoms with E-state index in [1.807, 2.05) is 0 Å². The number of anilines is 2. The Kier molecular flexibility index (Phi) is 10.6. The lowest BCUT2D eigenvalue weighted by Crippen LogP contribution is -2.54. The third-order valence-electron chi connectivity index (χ3n) is 12.2. The van der Waals surface area contributed by atoms with Crippen LogP contribution in [0.4, 0.5) is 37.7 Å². The number of imide groups is 2. The zero-order valence-corrected chi connectivity index (χ0v) is 33.9. The van der Waals surface area contributed by atoms with E-state index in [1.165, 1.54) is 44.6 Å². The van der Waals surface area contributed by atoms with Crippen LogP contribution in [0.1, 0.15) is 35.1 Å². The van der Waals surface area contributed by atoms with Crippen LogP contribution in [-0.2, 0) is 36.9 Å². The molecule has 4 aliphatic rings. The first-order chi connectivity index (χ1) is 29.3. The molecule has 322 valence electrons.